The summed E-state index contributed by atoms with van der Waals surface area (Å²) in [7, 11) is 0. The highest BCUT2D eigenvalue weighted by atomic mass is 16.3. The zero-order valence-electron chi connectivity index (χ0n) is 8.80. The van der Waals surface area contributed by atoms with Crippen LogP contribution in [0.2, 0.25) is 0 Å². The van der Waals surface area contributed by atoms with Gasteiger partial charge in [0.15, 0.2) is 0 Å². The molecule has 0 saturated carbocycles. The summed E-state index contributed by atoms with van der Waals surface area (Å²) in [6, 6.07) is 5.69. The van der Waals surface area contributed by atoms with Gasteiger partial charge in [-0.1, -0.05) is 19.9 Å². The Balaban J connectivity index is 2.34. The maximum Gasteiger partial charge on any atom is 0.120 e. The smallest absolute Gasteiger partial charge is 0.120 e. The number of phenolic OH excluding ortho intramolecular Hbond substituents is 1. The molecule has 1 aromatic carbocycles. The van der Waals surface area contributed by atoms with Gasteiger partial charge >= 0.3 is 0 Å². The minimum Gasteiger partial charge on any atom is -0.508 e. The highest BCUT2D eigenvalue weighted by Crippen LogP contribution is 2.34. The number of aromatic hydroxyl groups is 1. The van der Waals surface area contributed by atoms with E-state index >= 15 is 0 Å². The number of rotatable bonds is 0. The lowest BCUT2D eigenvalue weighted by Gasteiger charge is -2.21. The molecule has 0 fully saturated rings. The molecule has 1 aliphatic heterocycles. The van der Waals surface area contributed by atoms with Gasteiger partial charge in [-0.05, 0) is 30.4 Å². The van der Waals surface area contributed by atoms with Crippen LogP contribution in [0.3, 0.4) is 0 Å². The van der Waals surface area contributed by atoms with Crippen molar-refractivity contribution in [2.24, 2.45) is 5.41 Å². The number of nitrogens with one attached hydrogen (secondary N) is 1. The van der Waals surface area contributed by atoms with Gasteiger partial charge in [-0.2, -0.15) is 0 Å². The first-order chi connectivity index (χ1) is 6.58. The molecule has 2 N–H and O–H groups in total. The summed E-state index contributed by atoms with van der Waals surface area (Å²) < 4.78 is 0. The molecule has 0 aromatic heterocycles. The maximum absolute atomic E-state index is 9.71. The lowest BCUT2D eigenvalue weighted by Crippen LogP contribution is -2.21. The number of hydrogen-bond acceptors (Lipinski definition) is 2. The second kappa shape index (κ2) is 3.19. The molecule has 2 heteroatoms. The predicted molar refractivity (Wildman–Crippen MR) is 58.7 cm³/mol. The van der Waals surface area contributed by atoms with Crippen LogP contribution in [0.1, 0.15) is 25.8 Å². The van der Waals surface area contributed by atoms with Crippen molar-refractivity contribution in [1.29, 1.82) is 0 Å². The fourth-order valence-electron chi connectivity index (χ4n) is 1.89. The molecule has 0 aliphatic carbocycles. The quantitative estimate of drug-likeness (QED) is 0.661. The Bertz CT molecular complexity index is 344. The van der Waals surface area contributed by atoms with Crippen LogP contribution in [0.25, 0.3) is 0 Å². The Hall–Kier alpha value is -1.18. The molecule has 0 radical (unpaired) electrons. The summed E-state index contributed by atoms with van der Waals surface area (Å²) in [6.45, 7) is 5.48. The van der Waals surface area contributed by atoms with Crippen LogP contribution < -0.4 is 5.32 Å². The Labute approximate surface area is 85.0 Å². The van der Waals surface area contributed by atoms with Crippen LogP contribution in [-0.4, -0.2) is 11.7 Å². The van der Waals surface area contributed by atoms with Crippen LogP contribution in [-0.2, 0) is 6.42 Å². The van der Waals surface area contributed by atoms with Crippen LogP contribution in [0, 0.1) is 5.41 Å². The van der Waals surface area contributed by atoms with Crippen molar-refractivity contribution in [3.8, 4) is 5.75 Å². The average molecular weight is 191 g/mol. The van der Waals surface area contributed by atoms with E-state index in [1.54, 1.807) is 6.07 Å². The van der Waals surface area contributed by atoms with E-state index in [1.807, 2.05) is 12.1 Å². The molecular weight excluding hydrogens is 174 g/mol. The first kappa shape index (κ1) is 9.38. The fourth-order valence-corrected chi connectivity index (χ4v) is 1.89. The van der Waals surface area contributed by atoms with Crippen LogP contribution in [0.4, 0.5) is 5.69 Å². The van der Waals surface area contributed by atoms with Gasteiger partial charge < -0.3 is 10.4 Å². The van der Waals surface area contributed by atoms with Gasteiger partial charge in [0.25, 0.3) is 0 Å². The lowest BCUT2D eigenvalue weighted by molar-refractivity contribution is 0.363. The molecule has 76 valence electrons. The first-order valence-corrected chi connectivity index (χ1v) is 5.13. The van der Waals surface area contributed by atoms with Crippen LogP contribution in [0.5, 0.6) is 5.75 Å². The number of fused-ring (bicyclic) bond motifs is 1. The summed E-state index contributed by atoms with van der Waals surface area (Å²) in [5, 5.41) is 13.1. The Morgan fingerprint density at radius 2 is 2.14 bits per heavy atom. The van der Waals surface area contributed by atoms with Crippen molar-refractivity contribution in [3.05, 3.63) is 23.8 Å². The van der Waals surface area contributed by atoms with Crippen molar-refractivity contribution in [2.45, 2.75) is 26.7 Å². The highest BCUT2D eigenvalue weighted by molar-refractivity contribution is 5.58. The fraction of sp³-hybridized carbons (Fsp3) is 0.500. The zero-order valence-corrected chi connectivity index (χ0v) is 8.80. The van der Waals surface area contributed by atoms with Gasteiger partial charge in [0, 0.05) is 17.8 Å². The molecule has 0 bridgehead atoms. The minimum atomic E-state index is 0.311. The molecular formula is C12H17NO. The van der Waals surface area contributed by atoms with Gasteiger partial charge in [-0.15, -0.1) is 0 Å². The van der Waals surface area contributed by atoms with Crippen molar-refractivity contribution in [1.82, 2.24) is 0 Å². The van der Waals surface area contributed by atoms with Crippen molar-refractivity contribution < 1.29 is 5.11 Å². The van der Waals surface area contributed by atoms with Gasteiger partial charge in [0.1, 0.15) is 5.75 Å². The number of benzene rings is 1. The van der Waals surface area contributed by atoms with Crippen molar-refractivity contribution >= 4 is 5.69 Å². The van der Waals surface area contributed by atoms with E-state index in [1.165, 1.54) is 0 Å². The third-order valence-electron chi connectivity index (χ3n) is 2.96. The van der Waals surface area contributed by atoms with E-state index in [4.69, 9.17) is 0 Å². The molecule has 0 saturated heterocycles. The second-order valence-corrected chi connectivity index (χ2v) is 4.82. The normalized spacial score (nSPS) is 19.3. The molecule has 2 nitrogen and oxygen atoms in total. The topological polar surface area (TPSA) is 32.3 Å². The molecule has 1 aromatic rings. The second-order valence-electron chi connectivity index (χ2n) is 4.82. The predicted octanol–water partition coefficient (Wildman–Crippen LogP) is 2.78. The van der Waals surface area contributed by atoms with E-state index in [9.17, 15) is 5.11 Å². The highest BCUT2D eigenvalue weighted by Gasteiger charge is 2.23. The van der Waals surface area contributed by atoms with Gasteiger partial charge in [0.2, 0.25) is 0 Å². The number of anilines is 1. The third-order valence-corrected chi connectivity index (χ3v) is 2.96. The summed E-state index contributed by atoms with van der Waals surface area (Å²) >= 11 is 0. The minimum absolute atomic E-state index is 0.311. The van der Waals surface area contributed by atoms with Crippen LogP contribution in [0.15, 0.2) is 18.2 Å². The molecule has 14 heavy (non-hydrogen) atoms. The molecule has 0 amide bonds. The van der Waals surface area contributed by atoms with E-state index < -0.39 is 0 Å². The van der Waals surface area contributed by atoms with E-state index in [-0.39, 0.29) is 0 Å². The lowest BCUT2D eigenvalue weighted by atomic mass is 9.87. The molecule has 0 atom stereocenters. The Morgan fingerprint density at radius 3 is 2.93 bits per heavy atom. The van der Waals surface area contributed by atoms with Crippen molar-refractivity contribution in [3.63, 3.8) is 0 Å². The Morgan fingerprint density at radius 1 is 1.36 bits per heavy atom. The zero-order chi connectivity index (χ0) is 10.2. The largest absolute Gasteiger partial charge is 0.508 e. The first-order valence-electron chi connectivity index (χ1n) is 5.13. The van der Waals surface area contributed by atoms with E-state index in [0.29, 0.717) is 11.2 Å². The summed E-state index contributed by atoms with van der Waals surface area (Å²) in [5.41, 5.74) is 2.47. The summed E-state index contributed by atoms with van der Waals surface area (Å²) in [5.74, 6) is 0.424. The van der Waals surface area contributed by atoms with Crippen molar-refractivity contribution in [2.75, 3.05) is 11.9 Å². The Kier molecular flexibility index (Phi) is 2.14. The summed E-state index contributed by atoms with van der Waals surface area (Å²) in [4.78, 5) is 0. The molecule has 1 heterocycles. The van der Waals surface area contributed by atoms with Gasteiger partial charge in [0.05, 0.1) is 0 Å². The molecule has 0 spiro atoms. The van der Waals surface area contributed by atoms with E-state index in [2.05, 4.69) is 19.2 Å². The SMILES string of the molecule is CC1(C)CCc2c(O)cccc2NC1. The maximum atomic E-state index is 9.71. The number of phenols is 1. The summed E-state index contributed by atoms with van der Waals surface area (Å²) in [6.07, 6.45) is 2.08. The molecule has 2 rings (SSSR count). The molecule has 1 aliphatic rings. The van der Waals surface area contributed by atoms with Gasteiger partial charge in [-0.3, -0.25) is 0 Å². The average Bonchev–Trinajstić information content (AvgIpc) is 2.27. The standard InChI is InChI=1S/C12H17NO/c1-12(2)7-6-9-10(13-8-12)4-3-5-11(9)14/h3-5,13-14H,6-8H2,1-2H3. The van der Waals surface area contributed by atoms with Crippen LogP contribution >= 0.6 is 0 Å². The molecule has 0 unspecified atom stereocenters. The number of hydrogen-bond donors (Lipinski definition) is 2. The van der Waals surface area contributed by atoms with E-state index in [0.717, 1.165) is 30.6 Å². The monoisotopic (exact) mass is 191 g/mol. The third kappa shape index (κ3) is 1.69. The van der Waals surface area contributed by atoms with Gasteiger partial charge in [-0.25, -0.2) is 0 Å².